The number of nitrogens with zero attached hydrogens (tertiary/aromatic N) is 1. The maximum atomic E-state index is 8.85. The first kappa shape index (κ1) is 12.1. The number of aryl methyl sites for hydroxylation is 1. The van der Waals surface area contributed by atoms with Crippen LogP contribution in [-0.2, 0) is 6.42 Å². The van der Waals surface area contributed by atoms with Crippen LogP contribution in [-0.4, -0.2) is 16.7 Å². The van der Waals surface area contributed by atoms with Gasteiger partial charge in [-0.15, -0.1) is 0 Å². The SMILES string of the molecule is CC(C)c1cncc2cc(CCCO)ccc12. The first-order chi connectivity index (χ1) is 8.22. The number of pyridine rings is 1. The molecule has 0 saturated heterocycles. The molecule has 1 heterocycles. The van der Waals surface area contributed by atoms with Crippen LogP contribution in [0.1, 0.15) is 37.3 Å². The van der Waals surface area contributed by atoms with E-state index >= 15 is 0 Å². The van der Waals surface area contributed by atoms with Gasteiger partial charge in [-0.25, -0.2) is 0 Å². The second-order valence-corrected chi connectivity index (χ2v) is 4.77. The van der Waals surface area contributed by atoms with Crippen LogP contribution < -0.4 is 0 Å². The predicted octanol–water partition coefficient (Wildman–Crippen LogP) is 3.28. The Kier molecular flexibility index (Phi) is 3.75. The Hall–Kier alpha value is -1.41. The molecule has 0 fully saturated rings. The summed E-state index contributed by atoms with van der Waals surface area (Å²) >= 11 is 0. The summed E-state index contributed by atoms with van der Waals surface area (Å²) in [5.41, 5.74) is 2.57. The van der Waals surface area contributed by atoms with Crippen molar-refractivity contribution >= 4 is 10.8 Å². The molecule has 17 heavy (non-hydrogen) atoms. The van der Waals surface area contributed by atoms with Gasteiger partial charge in [0.25, 0.3) is 0 Å². The second-order valence-electron chi connectivity index (χ2n) is 4.77. The van der Waals surface area contributed by atoms with Crippen molar-refractivity contribution in [1.82, 2.24) is 4.98 Å². The van der Waals surface area contributed by atoms with E-state index in [9.17, 15) is 0 Å². The van der Waals surface area contributed by atoms with Gasteiger partial charge in [0.05, 0.1) is 0 Å². The molecule has 0 spiro atoms. The van der Waals surface area contributed by atoms with Gasteiger partial charge >= 0.3 is 0 Å². The van der Waals surface area contributed by atoms with E-state index in [1.54, 1.807) is 0 Å². The van der Waals surface area contributed by atoms with Crippen LogP contribution >= 0.6 is 0 Å². The zero-order chi connectivity index (χ0) is 12.3. The van der Waals surface area contributed by atoms with E-state index in [0.29, 0.717) is 5.92 Å². The third kappa shape index (κ3) is 2.64. The molecule has 2 rings (SSSR count). The summed E-state index contributed by atoms with van der Waals surface area (Å²) in [4.78, 5) is 4.31. The Balaban J connectivity index is 2.42. The minimum Gasteiger partial charge on any atom is -0.396 e. The van der Waals surface area contributed by atoms with Gasteiger partial charge in [-0.1, -0.05) is 26.0 Å². The molecular formula is C15H19NO. The van der Waals surface area contributed by atoms with Gasteiger partial charge in [0.1, 0.15) is 0 Å². The largest absolute Gasteiger partial charge is 0.396 e. The Morgan fingerprint density at radius 2 is 2.06 bits per heavy atom. The quantitative estimate of drug-likeness (QED) is 0.872. The monoisotopic (exact) mass is 229 g/mol. The highest BCUT2D eigenvalue weighted by Crippen LogP contribution is 2.25. The van der Waals surface area contributed by atoms with Crippen molar-refractivity contribution < 1.29 is 5.11 Å². The van der Waals surface area contributed by atoms with Gasteiger partial charge < -0.3 is 5.11 Å². The van der Waals surface area contributed by atoms with E-state index in [4.69, 9.17) is 5.11 Å². The van der Waals surface area contributed by atoms with Crippen LogP contribution in [0.15, 0.2) is 30.6 Å². The molecule has 1 aromatic heterocycles. The third-order valence-electron chi connectivity index (χ3n) is 3.10. The molecule has 0 bridgehead atoms. The molecule has 0 saturated carbocycles. The molecular weight excluding hydrogens is 210 g/mol. The summed E-state index contributed by atoms with van der Waals surface area (Å²) in [6.07, 6.45) is 5.63. The van der Waals surface area contributed by atoms with Gasteiger partial charge in [0.15, 0.2) is 0 Å². The lowest BCUT2D eigenvalue weighted by atomic mass is 9.97. The minimum atomic E-state index is 0.252. The summed E-state index contributed by atoms with van der Waals surface area (Å²) in [5.74, 6) is 0.495. The highest BCUT2D eigenvalue weighted by atomic mass is 16.2. The molecule has 0 amide bonds. The van der Waals surface area contributed by atoms with Crippen LogP contribution in [0.4, 0.5) is 0 Å². The standard InChI is InChI=1S/C15H19NO/c1-11(2)15-10-16-9-13-8-12(4-3-7-17)5-6-14(13)15/h5-6,8-11,17H,3-4,7H2,1-2H3. The van der Waals surface area contributed by atoms with E-state index in [0.717, 1.165) is 12.8 Å². The van der Waals surface area contributed by atoms with Gasteiger partial charge in [0, 0.05) is 24.4 Å². The number of aliphatic hydroxyl groups excluding tert-OH is 1. The van der Waals surface area contributed by atoms with Crippen LogP contribution in [0.5, 0.6) is 0 Å². The molecule has 0 unspecified atom stereocenters. The zero-order valence-corrected chi connectivity index (χ0v) is 10.5. The Labute approximate surface area is 102 Å². The minimum absolute atomic E-state index is 0.252. The van der Waals surface area contributed by atoms with Crippen molar-refractivity contribution in [3.8, 4) is 0 Å². The van der Waals surface area contributed by atoms with Gasteiger partial charge in [-0.2, -0.15) is 0 Å². The molecule has 0 aliphatic rings. The number of aromatic nitrogens is 1. The van der Waals surface area contributed by atoms with Crippen molar-refractivity contribution in [1.29, 1.82) is 0 Å². The maximum Gasteiger partial charge on any atom is 0.0434 e. The average Bonchev–Trinajstić information content (AvgIpc) is 2.35. The van der Waals surface area contributed by atoms with Gasteiger partial charge in [-0.05, 0) is 41.3 Å². The Bertz CT molecular complexity index is 505. The molecule has 1 aromatic carbocycles. The van der Waals surface area contributed by atoms with Gasteiger partial charge in [0.2, 0.25) is 0 Å². The fraction of sp³-hybridized carbons (Fsp3) is 0.400. The maximum absolute atomic E-state index is 8.85. The Morgan fingerprint density at radius 1 is 1.24 bits per heavy atom. The molecule has 1 N–H and O–H groups in total. The van der Waals surface area contributed by atoms with Crippen LogP contribution in [0.25, 0.3) is 10.8 Å². The van der Waals surface area contributed by atoms with E-state index in [1.165, 1.54) is 21.9 Å². The zero-order valence-electron chi connectivity index (χ0n) is 10.5. The van der Waals surface area contributed by atoms with Crippen LogP contribution in [0, 0.1) is 0 Å². The lowest BCUT2D eigenvalue weighted by molar-refractivity contribution is 0.288. The summed E-state index contributed by atoms with van der Waals surface area (Å²) in [5, 5.41) is 11.3. The number of hydrogen-bond donors (Lipinski definition) is 1. The fourth-order valence-electron chi connectivity index (χ4n) is 2.15. The van der Waals surface area contributed by atoms with Crippen LogP contribution in [0.3, 0.4) is 0 Å². The second kappa shape index (κ2) is 5.28. The van der Waals surface area contributed by atoms with Crippen molar-refractivity contribution in [2.45, 2.75) is 32.6 Å². The van der Waals surface area contributed by atoms with E-state index in [1.807, 2.05) is 12.4 Å². The van der Waals surface area contributed by atoms with E-state index in [-0.39, 0.29) is 6.61 Å². The molecule has 2 nitrogen and oxygen atoms in total. The fourth-order valence-corrected chi connectivity index (χ4v) is 2.15. The first-order valence-corrected chi connectivity index (χ1v) is 6.19. The summed E-state index contributed by atoms with van der Waals surface area (Å²) in [7, 11) is 0. The summed E-state index contributed by atoms with van der Waals surface area (Å²) < 4.78 is 0. The number of aliphatic hydroxyl groups is 1. The number of benzene rings is 1. The molecule has 0 aliphatic heterocycles. The topological polar surface area (TPSA) is 33.1 Å². The average molecular weight is 229 g/mol. The van der Waals surface area contributed by atoms with E-state index < -0.39 is 0 Å². The lowest BCUT2D eigenvalue weighted by Crippen LogP contribution is -1.93. The highest BCUT2D eigenvalue weighted by molar-refractivity contribution is 5.85. The van der Waals surface area contributed by atoms with Crippen molar-refractivity contribution in [2.24, 2.45) is 0 Å². The lowest BCUT2D eigenvalue weighted by Gasteiger charge is -2.10. The summed E-state index contributed by atoms with van der Waals surface area (Å²) in [6, 6.07) is 6.52. The Morgan fingerprint density at radius 3 is 2.76 bits per heavy atom. The van der Waals surface area contributed by atoms with Crippen molar-refractivity contribution in [3.63, 3.8) is 0 Å². The smallest absolute Gasteiger partial charge is 0.0434 e. The molecule has 2 heteroatoms. The first-order valence-electron chi connectivity index (χ1n) is 6.19. The molecule has 2 aromatic rings. The molecule has 0 aliphatic carbocycles. The van der Waals surface area contributed by atoms with E-state index in [2.05, 4.69) is 37.0 Å². The van der Waals surface area contributed by atoms with Gasteiger partial charge in [-0.3, -0.25) is 4.98 Å². The number of fused-ring (bicyclic) bond motifs is 1. The molecule has 90 valence electrons. The van der Waals surface area contributed by atoms with Crippen LogP contribution in [0.2, 0.25) is 0 Å². The molecule has 0 atom stereocenters. The number of rotatable bonds is 4. The highest BCUT2D eigenvalue weighted by Gasteiger charge is 2.05. The molecule has 0 radical (unpaired) electrons. The van der Waals surface area contributed by atoms with Crippen molar-refractivity contribution in [3.05, 3.63) is 41.7 Å². The third-order valence-corrected chi connectivity index (χ3v) is 3.10. The van der Waals surface area contributed by atoms with Crippen molar-refractivity contribution in [2.75, 3.05) is 6.61 Å². The predicted molar refractivity (Wildman–Crippen MR) is 71.2 cm³/mol. The normalized spacial score (nSPS) is 11.3. The number of hydrogen-bond acceptors (Lipinski definition) is 2. The summed E-state index contributed by atoms with van der Waals surface area (Å²) in [6.45, 7) is 4.63.